The van der Waals surface area contributed by atoms with Gasteiger partial charge in [0.15, 0.2) is 0 Å². The molecular formula is C13H24ClNO2. The van der Waals surface area contributed by atoms with Crippen molar-refractivity contribution in [2.75, 3.05) is 19.6 Å². The van der Waals surface area contributed by atoms with Crippen LogP contribution in [0, 0.1) is 5.41 Å². The Morgan fingerprint density at radius 2 is 2.12 bits per heavy atom. The van der Waals surface area contributed by atoms with Gasteiger partial charge >= 0.3 is 0 Å². The van der Waals surface area contributed by atoms with Gasteiger partial charge in [-0.3, -0.25) is 4.79 Å². The Kier molecular flexibility index (Phi) is 6.28. The van der Waals surface area contributed by atoms with Crippen LogP contribution < -0.4 is 5.32 Å². The summed E-state index contributed by atoms with van der Waals surface area (Å²) in [6.07, 6.45) is 6.09. The van der Waals surface area contributed by atoms with Crippen molar-refractivity contribution in [3.63, 3.8) is 0 Å². The number of carbonyl (C=O) groups excluding carboxylic acids is 1. The van der Waals surface area contributed by atoms with Gasteiger partial charge in [0.1, 0.15) is 0 Å². The third kappa shape index (κ3) is 3.85. The Bertz CT molecular complexity index is 234. The Labute approximate surface area is 109 Å². The van der Waals surface area contributed by atoms with Crippen molar-refractivity contribution in [1.82, 2.24) is 5.32 Å². The summed E-state index contributed by atoms with van der Waals surface area (Å²) in [5.74, 6) is 0.748. The molecule has 4 heteroatoms. The molecular weight excluding hydrogens is 238 g/mol. The first-order valence-corrected chi connectivity index (χ1v) is 7.08. The molecule has 3 nitrogen and oxygen atoms in total. The highest BCUT2D eigenvalue weighted by Gasteiger charge is 2.39. The van der Waals surface area contributed by atoms with Crippen molar-refractivity contribution < 1.29 is 9.53 Å². The third-order valence-corrected chi connectivity index (χ3v) is 4.10. The molecule has 0 heterocycles. The number of amides is 1. The second-order valence-electron chi connectivity index (χ2n) is 4.94. The Balaban J connectivity index is 2.55. The molecule has 0 aromatic heterocycles. The van der Waals surface area contributed by atoms with Crippen molar-refractivity contribution in [1.29, 1.82) is 0 Å². The predicted octanol–water partition coefficient (Wildman–Crippen LogP) is 2.72. The second kappa shape index (κ2) is 7.22. The monoisotopic (exact) mass is 261 g/mol. The van der Waals surface area contributed by atoms with E-state index in [1.165, 1.54) is 12.8 Å². The minimum atomic E-state index is -0.127. The number of alkyl halides is 1. The number of carbonyl (C=O) groups is 1. The first kappa shape index (κ1) is 14.8. The van der Waals surface area contributed by atoms with Crippen LogP contribution in [-0.2, 0) is 9.53 Å². The second-order valence-corrected chi connectivity index (χ2v) is 5.32. The van der Waals surface area contributed by atoms with Crippen LogP contribution in [-0.4, -0.2) is 31.5 Å². The predicted molar refractivity (Wildman–Crippen MR) is 70.3 cm³/mol. The molecule has 0 aromatic rings. The minimum absolute atomic E-state index is 0.0500. The van der Waals surface area contributed by atoms with Crippen LogP contribution >= 0.6 is 11.6 Å². The van der Waals surface area contributed by atoms with Gasteiger partial charge in [0, 0.05) is 18.4 Å². The van der Waals surface area contributed by atoms with Gasteiger partial charge in [-0.05, 0) is 25.7 Å². The van der Waals surface area contributed by atoms with Crippen LogP contribution in [0.5, 0.6) is 0 Å². The van der Waals surface area contributed by atoms with Crippen LogP contribution in [0.4, 0.5) is 0 Å². The topological polar surface area (TPSA) is 38.3 Å². The van der Waals surface area contributed by atoms with E-state index in [0.717, 1.165) is 25.7 Å². The van der Waals surface area contributed by atoms with Crippen molar-refractivity contribution in [3.05, 3.63) is 0 Å². The van der Waals surface area contributed by atoms with Gasteiger partial charge in [-0.2, -0.15) is 0 Å². The first-order chi connectivity index (χ1) is 8.18. The number of rotatable bonds is 7. The standard InChI is InChI=1S/C13H24ClNO2/c1-3-13(7-4-5-8-13)12(16)15-11(6-9-14)10-17-2/h11H,3-10H2,1-2H3,(H,15,16). The molecule has 0 aliphatic heterocycles. The first-order valence-electron chi connectivity index (χ1n) is 6.54. The largest absolute Gasteiger partial charge is 0.383 e. The zero-order valence-corrected chi connectivity index (χ0v) is 11.7. The molecule has 0 spiro atoms. The fraction of sp³-hybridized carbons (Fsp3) is 0.923. The van der Waals surface area contributed by atoms with E-state index in [9.17, 15) is 4.79 Å². The molecule has 17 heavy (non-hydrogen) atoms. The summed E-state index contributed by atoms with van der Waals surface area (Å²) >= 11 is 5.74. The molecule has 1 amide bonds. The van der Waals surface area contributed by atoms with Gasteiger partial charge < -0.3 is 10.1 Å². The van der Waals surface area contributed by atoms with Crippen LogP contribution in [0.1, 0.15) is 45.4 Å². The van der Waals surface area contributed by atoms with E-state index < -0.39 is 0 Å². The van der Waals surface area contributed by atoms with Gasteiger partial charge in [-0.25, -0.2) is 0 Å². The maximum Gasteiger partial charge on any atom is 0.226 e. The molecule has 0 saturated heterocycles. The maximum absolute atomic E-state index is 12.3. The van der Waals surface area contributed by atoms with E-state index in [1.807, 2.05) is 0 Å². The SMILES string of the molecule is CCC1(C(=O)NC(CCCl)COC)CCCC1. The van der Waals surface area contributed by atoms with E-state index in [0.29, 0.717) is 12.5 Å². The van der Waals surface area contributed by atoms with Crippen molar-refractivity contribution in [2.24, 2.45) is 5.41 Å². The third-order valence-electron chi connectivity index (χ3n) is 3.88. The summed E-state index contributed by atoms with van der Waals surface area (Å²) in [6.45, 7) is 2.65. The van der Waals surface area contributed by atoms with E-state index in [4.69, 9.17) is 16.3 Å². The van der Waals surface area contributed by atoms with Crippen LogP contribution in [0.15, 0.2) is 0 Å². The molecule has 1 atom stereocenters. The van der Waals surface area contributed by atoms with Gasteiger partial charge in [-0.1, -0.05) is 19.8 Å². The Morgan fingerprint density at radius 1 is 1.47 bits per heavy atom. The molecule has 1 rings (SSSR count). The number of nitrogens with one attached hydrogen (secondary N) is 1. The van der Waals surface area contributed by atoms with Gasteiger partial charge in [0.2, 0.25) is 5.91 Å². The van der Waals surface area contributed by atoms with Gasteiger partial charge in [0.25, 0.3) is 0 Å². The molecule has 0 bridgehead atoms. The van der Waals surface area contributed by atoms with Crippen LogP contribution in [0.2, 0.25) is 0 Å². The lowest BCUT2D eigenvalue weighted by Crippen LogP contribution is -2.46. The number of hydrogen-bond acceptors (Lipinski definition) is 2. The van der Waals surface area contributed by atoms with Gasteiger partial charge in [0.05, 0.1) is 12.6 Å². The number of methoxy groups -OCH3 is 1. The number of ether oxygens (including phenoxy) is 1. The lowest BCUT2D eigenvalue weighted by atomic mass is 9.82. The summed E-state index contributed by atoms with van der Waals surface area (Å²) in [7, 11) is 1.65. The Morgan fingerprint density at radius 3 is 2.59 bits per heavy atom. The summed E-state index contributed by atoms with van der Waals surface area (Å²) in [6, 6.07) is 0.0500. The molecule has 1 unspecified atom stereocenters. The lowest BCUT2D eigenvalue weighted by molar-refractivity contribution is -0.132. The molecule has 1 N–H and O–H groups in total. The van der Waals surface area contributed by atoms with Crippen LogP contribution in [0.25, 0.3) is 0 Å². The fourth-order valence-electron chi connectivity index (χ4n) is 2.66. The zero-order chi connectivity index (χ0) is 12.7. The van der Waals surface area contributed by atoms with Crippen molar-refractivity contribution in [2.45, 2.75) is 51.5 Å². The van der Waals surface area contributed by atoms with Crippen molar-refractivity contribution in [3.8, 4) is 0 Å². The molecule has 0 aromatic carbocycles. The minimum Gasteiger partial charge on any atom is -0.383 e. The van der Waals surface area contributed by atoms with E-state index in [2.05, 4.69) is 12.2 Å². The summed E-state index contributed by atoms with van der Waals surface area (Å²) in [5, 5.41) is 3.10. The quantitative estimate of drug-likeness (QED) is 0.716. The zero-order valence-electron chi connectivity index (χ0n) is 10.9. The average molecular weight is 262 g/mol. The highest BCUT2D eigenvalue weighted by atomic mass is 35.5. The molecule has 0 radical (unpaired) electrons. The normalized spacial score (nSPS) is 20.2. The lowest BCUT2D eigenvalue weighted by Gasteiger charge is -2.29. The van der Waals surface area contributed by atoms with E-state index >= 15 is 0 Å². The molecule has 1 fully saturated rings. The highest BCUT2D eigenvalue weighted by molar-refractivity contribution is 6.17. The fourth-order valence-corrected chi connectivity index (χ4v) is 2.92. The molecule has 1 aliphatic carbocycles. The maximum atomic E-state index is 12.3. The molecule has 100 valence electrons. The molecule has 1 saturated carbocycles. The van der Waals surface area contributed by atoms with Crippen molar-refractivity contribution >= 4 is 17.5 Å². The number of halogens is 1. The van der Waals surface area contributed by atoms with E-state index in [-0.39, 0.29) is 17.4 Å². The smallest absolute Gasteiger partial charge is 0.226 e. The average Bonchev–Trinajstić information content (AvgIpc) is 2.79. The number of hydrogen-bond donors (Lipinski definition) is 1. The highest BCUT2D eigenvalue weighted by Crippen LogP contribution is 2.41. The van der Waals surface area contributed by atoms with E-state index in [1.54, 1.807) is 7.11 Å². The van der Waals surface area contributed by atoms with Gasteiger partial charge in [-0.15, -0.1) is 11.6 Å². The Hall–Kier alpha value is -0.280. The summed E-state index contributed by atoms with van der Waals surface area (Å²) in [4.78, 5) is 12.3. The molecule has 1 aliphatic rings. The van der Waals surface area contributed by atoms with Crippen LogP contribution in [0.3, 0.4) is 0 Å². The summed E-state index contributed by atoms with van der Waals surface area (Å²) in [5.41, 5.74) is -0.127. The summed E-state index contributed by atoms with van der Waals surface area (Å²) < 4.78 is 5.11.